The van der Waals surface area contributed by atoms with Crippen LogP contribution in [0.3, 0.4) is 0 Å². The minimum absolute atomic E-state index is 0.0512. The van der Waals surface area contributed by atoms with Crippen molar-refractivity contribution >= 4 is 5.95 Å². The van der Waals surface area contributed by atoms with Crippen molar-refractivity contribution in [1.82, 2.24) is 9.97 Å². The molecule has 0 radical (unpaired) electrons. The summed E-state index contributed by atoms with van der Waals surface area (Å²) >= 11 is 0. The molecule has 0 bridgehead atoms. The first-order chi connectivity index (χ1) is 9.86. The number of hydrogen-bond acceptors (Lipinski definition) is 4. The molecule has 0 saturated heterocycles. The van der Waals surface area contributed by atoms with Crippen molar-refractivity contribution in [3.8, 4) is 5.88 Å². The van der Waals surface area contributed by atoms with Crippen LogP contribution in [0.4, 0.5) is 19.1 Å². The van der Waals surface area contributed by atoms with E-state index in [0.29, 0.717) is 0 Å². The molecule has 1 unspecified atom stereocenters. The lowest BCUT2D eigenvalue weighted by molar-refractivity contribution is -0.141. The highest BCUT2D eigenvalue weighted by Crippen LogP contribution is 2.30. The Hall–Kier alpha value is -1.53. The fraction of sp³-hybridized carbons (Fsp3) is 0.714. The molecule has 4 nitrogen and oxygen atoms in total. The second-order valence-electron chi connectivity index (χ2n) is 4.94. The Morgan fingerprint density at radius 3 is 2.52 bits per heavy atom. The Morgan fingerprint density at radius 1 is 1.24 bits per heavy atom. The van der Waals surface area contributed by atoms with E-state index in [0.717, 1.165) is 38.2 Å². The maximum absolute atomic E-state index is 12.7. The van der Waals surface area contributed by atoms with Crippen molar-refractivity contribution in [2.45, 2.75) is 58.2 Å². The Bertz CT molecular complexity index is 438. The standard InChI is InChI=1S/C14H22F3N3O/c1-4-5-6-7-8-10(2)21-12-9-11(14(15,16)17)19-13(18-3)20-12/h9-10H,4-8H2,1-3H3,(H,18,19,20). The summed E-state index contributed by atoms with van der Waals surface area (Å²) in [7, 11) is 1.47. The van der Waals surface area contributed by atoms with Crippen LogP contribution in [0.2, 0.25) is 0 Å². The summed E-state index contributed by atoms with van der Waals surface area (Å²) in [6.45, 7) is 3.96. The van der Waals surface area contributed by atoms with Crippen LogP contribution in [-0.2, 0) is 6.18 Å². The largest absolute Gasteiger partial charge is 0.475 e. The Balaban J connectivity index is 2.69. The molecule has 21 heavy (non-hydrogen) atoms. The van der Waals surface area contributed by atoms with Crippen LogP contribution >= 0.6 is 0 Å². The van der Waals surface area contributed by atoms with E-state index >= 15 is 0 Å². The molecule has 0 aromatic carbocycles. The highest BCUT2D eigenvalue weighted by molar-refractivity contribution is 5.31. The summed E-state index contributed by atoms with van der Waals surface area (Å²) in [4.78, 5) is 7.30. The number of ether oxygens (including phenoxy) is 1. The third kappa shape index (κ3) is 6.18. The van der Waals surface area contributed by atoms with Crippen LogP contribution in [0.1, 0.15) is 51.6 Å². The fourth-order valence-corrected chi connectivity index (χ4v) is 1.87. The first-order valence-corrected chi connectivity index (χ1v) is 7.17. The second kappa shape index (κ2) is 8.05. The van der Waals surface area contributed by atoms with Gasteiger partial charge in [0.2, 0.25) is 11.8 Å². The van der Waals surface area contributed by atoms with E-state index in [1.165, 1.54) is 7.05 Å². The first-order valence-electron chi connectivity index (χ1n) is 7.17. The normalized spacial score (nSPS) is 13.0. The van der Waals surface area contributed by atoms with E-state index < -0.39 is 11.9 Å². The second-order valence-corrected chi connectivity index (χ2v) is 4.94. The van der Waals surface area contributed by atoms with E-state index in [2.05, 4.69) is 22.2 Å². The SMILES string of the molecule is CCCCCCC(C)Oc1cc(C(F)(F)F)nc(NC)n1. The van der Waals surface area contributed by atoms with Crippen molar-refractivity contribution < 1.29 is 17.9 Å². The lowest BCUT2D eigenvalue weighted by Crippen LogP contribution is -2.16. The summed E-state index contributed by atoms with van der Waals surface area (Å²) in [5, 5.41) is 2.51. The molecule has 0 aliphatic heterocycles. The lowest BCUT2D eigenvalue weighted by Gasteiger charge is -2.15. The monoisotopic (exact) mass is 305 g/mol. The summed E-state index contributed by atoms with van der Waals surface area (Å²) in [5.41, 5.74) is -1.00. The summed E-state index contributed by atoms with van der Waals surface area (Å²) < 4.78 is 43.7. The van der Waals surface area contributed by atoms with Gasteiger partial charge in [-0.25, -0.2) is 4.98 Å². The predicted octanol–water partition coefficient (Wildman–Crippen LogP) is 4.27. The van der Waals surface area contributed by atoms with Gasteiger partial charge in [0.15, 0.2) is 5.69 Å². The lowest BCUT2D eigenvalue weighted by atomic mass is 10.1. The Kier molecular flexibility index (Phi) is 6.71. The molecule has 1 heterocycles. The molecule has 0 amide bonds. The van der Waals surface area contributed by atoms with E-state index in [4.69, 9.17) is 4.74 Å². The summed E-state index contributed by atoms with van der Waals surface area (Å²) in [5.74, 6) is -0.150. The number of unbranched alkanes of at least 4 members (excludes halogenated alkanes) is 3. The van der Waals surface area contributed by atoms with Crippen LogP contribution in [0, 0.1) is 0 Å². The third-order valence-electron chi connectivity index (χ3n) is 3.00. The molecular weight excluding hydrogens is 283 g/mol. The number of hydrogen-bond donors (Lipinski definition) is 1. The van der Waals surface area contributed by atoms with Gasteiger partial charge in [-0.2, -0.15) is 18.2 Å². The molecule has 1 aromatic heterocycles. The average molecular weight is 305 g/mol. The van der Waals surface area contributed by atoms with Gasteiger partial charge >= 0.3 is 6.18 Å². The van der Waals surface area contributed by atoms with Gasteiger partial charge < -0.3 is 10.1 Å². The topological polar surface area (TPSA) is 47.0 Å². The van der Waals surface area contributed by atoms with Gasteiger partial charge in [0.1, 0.15) is 0 Å². The molecular formula is C14H22F3N3O. The fourth-order valence-electron chi connectivity index (χ4n) is 1.87. The van der Waals surface area contributed by atoms with Gasteiger partial charge in [-0.3, -0.25) is 0 Å². The number of aromatic nitrogens is 2. The highest BCUT2D eigenvalue weighted by Gasteiger charge is 2.34. The highest BCUT2D eigenvalue weighted by atomic mass is 19.4. The molecule has 0 fully saturated rings. The van der Waals surface area contributed by atoms with E-state index in [-0.39, 0.29) is 17.9 Å². The van der Waals surface area contributed by atoms with Crippen molar-refractivity contribution in [2.75, 3.05) is 12.4 Å². The summed E-state index contributed by atoms with van der Waals surface area (Å²) in [6, 6.07) is 0.837. The molecule has 1 atom stereocenters. The Labute approximate surface area is 123 Å². The van der Waals surface area contributed by atoms with Crippen LogP contribution in [0.5, 0.6) is 5.88 Å². The van der Waals surface area contributed by atoms with Gasteiger partial charge in [-0.1, -0.05) is 26.2 Å². The van der Waals surface area contributed by atoms with Crippen LogP contribution in [0.15, 0.2) is 6.07 Å². The zero-order valence-corrected chi connectivity index (χ0v) is 12.6. The molecule has 1 aromatic rings. The molecule has 0 aliphatic rings. The quantitative estimate of drug-likeness (QED) is 0.728. The van der Waals surface area contributed by atoms with Gasteiger partial charge in [0, 0.05) is 13.1 Å². The van der Waals surface area contributed by atoms with E-state index in [9.17, 15) is 13.2 Å². The van der Waals surface area contributed by atoms with Crippen LogP contribution in [-0.4, -0.2) is 23.1 Å². The summed E-state index contributed by atoms with van der Waals surface area (Å²) in [6.07, 6.45) is 0.484. The number of rotatable bonds is 8. The van der Waals surface area contributed by atoms with Crippen molar-refractivity contribution in [1.29, 1.82) is 0 Å². The molecule has 1 rings (SSSR count). The van der Waals surface area contributed by atoms with Gasteiger partial charge in [-0.05, 0) is 19.8 Å². The van der Waals surface area contributed by atoms with Crippen molar-refractivity contribution in [2.24, 2.45) is 0 Å². The third-order valence-corrected chi connectivity index (χ3v) is 3.00. The zero-order chi connectivity index (χ0) is 15.9. The Morgan fingerprint density at radius 2 is 1.95 bits per heavy atom. The molecule has 0 saturated carbocycles. The zero-order valence-electron chi connectivity index (χ0n) is 12.6. The smallest absolute Gasteiger partial charge is 0.433 e. The van der Waals surface area contributed by atoms with Gasteiger partial charge in [0.05, 0.1) is 6.10 Å². The molecule has 1 N–H and O–H groups in total. The van der Waals surface area contributed by atoms with Crippen molar-refractivity contribution in [3.05, 3.63) is 11.8 Å². The van der Waals surface area contributed by atoms with E-state index in [1.54, 1.807) is 0 Å². The van der Waals surface area contributed by atoms with E-state index in [1.807, 2.05) is 6.92 Å². The van der Waals surface area contributed by atoms with Crippen LogP contribution < -0.4 is 10.1 Å². The number of nitrogens with zero attached hydrogens (tertiary/aromatic N) is 2. The number of alkyl halides is 3. The molecule has 0 spiro atoms. The van der Waals surface area contributed by atoms with Crippen LogP contribution in [0.25, 0.3) is 0 Å². The number of nitrogens with one attached hydrogen (secondary N) is 1. The minimum atomic E-state index is -4.52. The molecule has 7 heteroatoms. The van der Waals surface area contributed by atoms with Gasteiger partial charge in [-0.15, -0.1) is 0 Å². The number of anilines is 1. The average Bonchev–Trinajstić information content (AvgIpc) is 2.42. The number of halogens is 3. The maximum atomic E-state index is 12.7. The van der Waals surface area contributed by atoms with Crippen molar-refractivity contribution in [3.63, 3.8) is 0 Å². The molecule has 0 aliphatic carbocycles. The first kappa shape index (κ1) is 17.5. The predicted molar refractivity (Wildman–Crippen MR) is 75.4 cm³/mol. The molecule has 120 valence electrons. The van der Waals surface area contributed by atoms with Gasteiger partial charge in [0.25, 0.3) is 0 Å². The maximum Gasteiger partial charge on any atom is 0.433 e. The minimum Gasteiger partial charge on any atom is -0.475 e.